The van der Waals surface area contributed by atoms with Gasteiger partial charge in [-0.15, -0.1) is 6.58 Å². The van der Waals surface area contributed by atoms with Crippen molar-refractivity contribution >= 4 is 15.9 Å². The molecule has 1 atom stereocenters. The molecule has 2 rings (SSSR count). The lowest BCUT2D eigenvalue weighted by atomic mass is 10.1. The number of hydrogen-bond donors (Lipinski definition) is 2. The standard InChI is InChI=1S/C22H28N2O5S/c1-5-14-23-30(26,27)19-11-8-17(9-12-19)22(25)24-16(4)18-10-13-20(28-6-2)21(15-18)29-7-3/h5,8-13,15-16,23H,1,6-7,14H2,2-4H3,(H,24,25). The van der Waals surface area contributed by atoms with Gasteiger partial charge in [0.2, 0.25) is 10.0 Å². The SMILES string of the molecule is C=CCNS(=O)(=O)c1ccc(C(=O)NC(C)c2ccc(OCC)c(OCC)c2)cc1. The lowest BCUT2D eigenvalue weighted by Gasteiger charge is -2.17. The Labute approximate surface area is 178 Å². The summed E-state index contributed by atoms with van der Waals surface area (Å²) >= 11 is 0. The van der Waals surface area contributed by atoms with Crippen LogP contribution in [0.3, 0.4) is 0 Å². The molecule has 2 aromatic carbocycles. The van der Waals surface area contributed by atoms with Crippen LogP contribution in [0.4, 0.5) is 0 Å². The Bertz CT molecular complexity index is 972. The van der Waals surface area contributed by atoms with Crippen LogP contribution < -0.4 is 19.5 Å². The summed E-state index contributed by atoms with van der Waals surface area (Å²) in [5.74, 6) is 0.973. The molecule has 0 saturated heterocycles. The number of amides is 1. The van der Waals surface area contributed by atoms with E-state index in [9.17, 15) is 13.2 Å². The lowest BCUT2D eigenvalue weighted by Crippen LogP contribution is -2.27. The Morgan fingerprint density at radius 2 is 1.70 bits per heavy atom. The molecule has 0 aliphatic carbocycles. The Hall–Kier alpha value is -2.84. The molecule has 0 radical (unpaired) electrons. The van der Waals surface area contributed by atoms with Crippen molar-refractivity contribution < 1.29 is 22.7 Å². The molecule has 0 aliphatic heterocycles. The van der Waals surface area contributed by atoms with Crippen molar-refractivity contribution in [3.63, 3.8) is 0 Å². The van der Waals surface area contributed by atoms with Crippen LogP contribution in [0, 0.1) is 0 Å². The second-order valence-corrected chi connectivity index (χ2v) is 8.20. The topological polar surface area (TPSA) is 93.7 Å². The van der Waals surface area contributed by atoms with E-state index in [1.54, 1.807) is 0 Å². The van der Waals surface area contributed by atoms with Gasteiger partial charge in [-0.1, -0.05) is 12.1 Å². The highest BCUT2D eigenvalue weighted by atomic mass is 32.2. The quantitative estimate of drug-likeness (QED) is 0.531. The van der Waals surface area contributed by atoms with E-state index in [1.807, 2.05) is 39.0 Å². The van der Waals surface area contributed by atoms with Gasteiger partial charge in [-0.3, -0.25) is 4.79 Å². The maximum absolute atomic E-state index is 12.6. The van der Waals surface area contributed by atoms with Crippen LogP contribution in [-0.2, 0) is 10.0 Å². The van der Waals surface area contributed by atoms with Crippen LogP contribution in [0.2, 0.25) is 0 Å². The minimum Gasteiger partial charge on any atom is -0.490 e. The molecule has 0 aliphatic rings. The van der Waals surface area contributed by atoms with Gasteiger partial charge >= 0.3 is 0 Å². The molecule has 2 N–H and O–H groups in total. The van der Waals surface area contributed by atoms with Crippen LogP contribution >= 0.6 is 0 Å². The molecule has 30 heavy (non-hydrogen) atoms. The van der Waals surface area contributed by atoms with E-state index in [1.165, 1.54) is 30.3 Å². The summed E-state index contributed by atoms with van der Waals surface area (Å²) in [6, 6.07) is 11.0. The third kappa shape index (κ3) is 6.08. The zero-order valence-electron chi connectivity index (χ0n) is 17.5. The summed E-state index contributed by atoms with van der Waals surface area (Å²) < 4.78 is 37.8. The molecule has 8 heteroatoms. The van der Waals surface area contributed by atoms with Crippen molar-refractivity contribution in [2.75, 3.05) is 19.8 Å². The molecule has 162 valence electrons. The van der Waals surface area contributed by atoms with Crippen molar-refractivity contribution in [2.24, 2.45) is 0 Å². The average Bonchev–Trinajstić information content (AvgIpc) is 2.74. The van der Waals surface area contributed by atoms with Crippen molar-refractivity contribution in [1.82, 2.24) is 10.0 Å². The van der Waals surface area contributed by atoms with Crippen LogP contribution in [-0.4, -0.2) is 34.1 Å². The first-order valence-corrected chi connectivity index (χ1v) is 11.2. The van der Waals surface area contributed by atoms with Crippen molar-refractivity contribution in [1.29, 1.82) is 0 Å². The predicted octanol–water partition coefficient (Wildman–Crippen LogP) is 3.44. The van der Waals surface area contributed by atoms with E-state index in [0.29, 0.717) is 30.3 Å². The first-order valence-electron chi connectivity index (χ1n) is 9.73. The number of nitrogens with one attached hydrogen (secondary N) is 2. The highest BCUT2D eigenvalue weighted by Crippen LogP contribution is 2.30. The Morgan fingerprint density at radius 1 is 1.07 bits per heavy atom. The molecule has 0 heterocycles. The fourth-order valence-electron chi connectivity index (χ4n) is 2.74. The maximum Gasteiger partial charge on any atom is 0.251 e. The molecule has 2 aromatic rings. The van der Waals surface area contributed by atoms with E-state index >= 15 is 0 Å². The van der Waals surface area contributed by atoms with Crippen LogP contribution in [0.1, 0.15) is 42.7 Å². The molecular formula is C22H28N2O5S. The van der Waals surface area contributed by atoms with Gasteiger partial charge in [0, 0.05) is 12.1 Å². The second-order valence-electron chi connectivity index (χ2n) is 6.43. The number of carbonyl (C=O) groups is 1. The van der Waals surface area contributed by atoms with Crippen LogP contribution in [0.25, 0.3) is 0 Å². The van der Waals surface area contributed by atoms with E-state index in [4.69, 9.17) is 9.47 Å². The number of hydrogen-bond acceptors (Lipinski definition) is 5. The van der Waals surface area contributed by atoms with Gasteiger partial charge in [-0.05, 0) is 62.7 Å². The molecule has 0 aromatic heterocycles. The normalized spacial score (nSPS) is 12.1. The smallest absolute Gasteiger partial charge is 0.251 e. The third-order valence-electron chi connectivity index (χ3n) is 4.26. The summed E-state index contributed by atoms with van der Waals surface area (Å²) in [6.07, 6.45) is 1.46. The van der Waals surface area contributed by atoms with E-state index in [0.717, 1.165) is 5.56 Å². The van der Waals surface area contributed by atoms with Crippen LogP contribution in [0.15, 0.2) is 60.0 Å². The number of carbonyl (C=O) groups excluding carboxylic acids is 1. The summed E-state index contributed by atoms with van der Waals surface area (Å²) in [5, 5.41) is 2.91. The molecule has 1 unspecified atom stereocenters. The van der Waals surface area contributed by atoms with E-state index in [2.05, 4.69) is 16.6 Å². The predicted molar refractivity (Wildman–Crippen MR) is 116 cm³/mol. The number of sulfonamides is 1. The van der Waals surface area contributed by atoms with Crippen LogP contribution in [0.5, 0.6) is 11.5 Å². The van der Waals surface area contributed by atoms with Gasteiger partial charge in [0.1, 0.15) is 0 Å². The van der Waals surface area contributed by atoms with Gasteiger partial charge in [-0.25, -0.2) is 13.1 Å². The summed E-state index contributed by atoms with van der Waals surface area (Å²) in [6.45, 7) is 10.3. The molecule has 0 spiro atoms. The Kier molecular flexibility index (Phi) is 8.44. The molecule has 7 nitrogen and oxygen atoms in total. The van der Waals surface area contributed by atoms with Crippen molar-refractivity contribution in [2.45, 2.75) is 31.7 Å². The van der Waals surface area contributed by atoms with Gasteiger partial charge in [0.05, 0.1) is 24.2 Å². The maximum atomic E-state index is 12.6. The Morgan fingerprint density at radius 3 is 2.30 bits per heavy atom. The minimum absolute atomic E-state index is 0.0850. The zero-order chi connectivity index (χ0) is 22.1. The molecule has 0 fully saturated rings. The van der Waals surface area contributed by atoms with Gasteiger partial charge in [0.25, 0.3) is 5.91 Å². The minimum atomic E-state index is -3.63. The van der Waals surface area contributed by atoms with Crippen molar-refractivity contribution in [3.8, 4) is 11.5 Å². The first kappa shape index (κ1) is 23.4. The average molecular weight is 433 g/mol. The summed E-state index contributed by atoms with van der Waals surface area (Å²) in [5.41, 5.74) is 1.23. The summed E-state index contributed by atoms with van der Waals surface area (Å²) in [4.78, 5) is 12.7. The lowest BCUT2D eigenvalue weighted by molar-refractivity contribution is 0.0939. The fourth-order valence-corrected chi connectivity index (χ4v) is 3.74. The highest BCUT2D eigenvalue weighted by Gasteiger charge is 2.16. The van der Waals surface area contributed by atoms with Gasteiger partial charge in [0.15, 0.2) is 11.5 Å². The fraction of sp³-hybridized carbons (Fsp3) is 0.318. The molecule has 1 amide bonds. The Balaban J connectivity index is 2.12. The molecular weight excluding hydrogens is 404 g/mol. The molecule has 0 saturated carbocycles. The van der Waals surface area contributed by atoms with Gasteiger partial charge < -0.3 is 14.8 Å². The zero-order valence-corrected chi connectivity index (χ0v) is 18.3. The monoisotopic (exact) mass is 432 g/mol. The number of benzene rings is 2. The molecule has 0 bridgehead atoms. The van der Waals surface area contributed by atoms with Crippen molar-refractivity contribution in [3.05, 3.63) is 66.2 Å². The summed E-state index contributed by atoms with van der Waals surface area (Å²) in [7, 11) is -3.63. The van der Waals surface area contributed by atoms with Gasteiger partial charge in [-0.2, -0.15) is 0 Å². The first-order chi connectivity index (χ1) is 14.3. The number of ether oxygens (including phenoxy) is 2. The number of rotatable bonds is 11. The highest BCUT2D eigenvalue weighted by molar-refractivity contribution is 7.89. The largest absolute Gasteiger partial charge is 0.490 e. The van der Waals surface area contributed by atoms with E-state index in [-0.39, 0.29) is 23.4 Å². The third-order valence-corrected chi connectivity index (χ3v) is 5.70. The van der Waals surface area contributed by atoms with E-state index < -0.39 is 10.0 Å². The second kappa shape index (κ2) is 10.8.